The molecule has 0 radical (unpaired) electrons. The second kappa shape index (κ2) is 5.65. The van der Waals surface area contributed by atoms with E-state index in [-0.39, 0.29) is 18.2 Å². The molecule has 0 fully saturated rings. The predicted molar refractivity (Wildman–Crippen MR) is 65.1 cm³/mol. The Kier molecular flexibility index (Phi) is 4.20. The van der Waals surface area contributed by atoms with Crippen LogP contribution in [-0.2, 0) is 0 Å². The number of amidine groups is 1. The second-order valence-corrected chi connectivity index (χ2v) is 2.95. The molecule has 0 saturated heterocycles. The summed E-state index contributed by atoms with van der Waals surface area (Å²) in [7, 11) is 0. The van der Waals surface area contributed by atoms with E-state index in [4.69, 9.17) is 11.5 Å². The fourth-order valence-electron chi connectivity index (χ4n) is 1.08. The van der Waals surface area contributed by atoms with Gasteiger partial charge in [-0.2, -0.15) is 0 Å². The first-order valence-corrected chi connectivity index (χ1v) is 4.62. The van der Waals surface area contributed by atoms with E-state index in [0.717, 1.165) is 0 Å². The Morgan fingerprint density at radius 1 is 1.50 bits per heavy atom. The quantitative estimate of drug-likeness (QED) is 0.456. The number of halogens is 1. The van der Waals surface area contributed by atoms with Crippen molar-refractivity contribution in [3.8, 4) is 0 Å². The third-order valence-electron chi connectivity index (χ3n) is 1.86. The third kappa shape index (κ3) is 2.91. The maximum absolute atomic E-state index is 13.1. The van der Waals surface area contributed by atoms with Gasteiger partial charge in [0.2, 0.25) is 0 Å². The number of nitrogen functional groups attached to an aromatic ring is 1. The van der Waals surface area contributed by atoms with Gasteiger partial charge in [-0.1, -0.05) is 18.7 Å². The van der Waals surface area contributed by atoms with Crippen LogP contribution >= 0.6 is 0 Å². The number of nitrogens with zero attached hydrogens (tertiary/aromatic N) is 2. The predicted octanol–water partition coefficient (Wildman–Crippen LogP) is 1.33. The fourth-order valence-corrected chi connectivity index (χ4v) is 1.08. The van der Waals surface area contributed by atoms with E-state index in [1.165, 1.54) is 24.4 Å². The Morgan fingerprint density at radius 3 is 2.94 bits per heavy atom. The van der Waals surface area contributed by atoms with Gasteiger partial charge in [0.1, 0.15) is 18.3 Å². The molecule has 1 aromatic carbocycles. The number of anilines is 1. The van der Waals surface area contributed by atoms with Crippen LogP contribution in [0.4, 0.5) is 10.1 Å². The first-order chi connectivity index (χ1) is 7.66. The van der Waals surface area contributed by atoms with Gasteiger partial charge in [0.25, 0.3) is 0 Å². The summed E-state index contributed by atoms with van der Waals surface area (Å²) in [6.07, 6.45) is 3.04. The lowest BCUT2D eigenvalue weighted by Crippen LogP contribution is -2.16. The van der Waals surface area contributed by atoms with Gasteiger partial charge in [-0.15, -0.1) is 0 Å². The zero-order valence-electron chi connectivity index (χ0n) is 8.73. The van der Waals surface area contributed by atoms with E-state index in [1.54, 1.807) is 6.07 Å². The van der Waals surface area contributed by atoms with E-state index in [1.807, 2.05) is 0 Å². The van der Waals surface area contributed by atoms with Crippen molar-refractivity contribution in [1.29, 1.82) is 0 Å². The minimum absolute atomic E-state index is 0.00329. The summed E-state index contributed by atoms with van der Waals surface area (Å²) >= 11 is 0. The first-order valence-electron chi connectivity index (χ1n) is 4.62. The van der Waals surface area contributed by atoms with Crippen LogP contribution in [0.5, 0.6) is 0 Å². The van der Waals surface area contributed by atoms with Crippen LogP contribution in [0.15, 0.2) is 40.8 Å². The molecule has 1 rings (SSSR count). The topological polar surface area (TPSA) is 76.8 Å². The molecule has 0 atom stereocenters. The Hall–Kier alpha value is -2.17. The number of para-hydroxylation sites is 1. The van der Waals surface area contributed by atoms with Crippen molar-refractivity contribution >= 4 is 17.7 Å². The van der Waals surface area contributed by atoms with Crippen molar-refractivity contribution in [3.05, 3.63) is 42.2 Å². The zero-order chi connectivity index (χ0) is 12.0. The smallest absolute Gasteiger partial charge is 0.146 e. The summed E-state index contributed by atoms with van der Waals surface area (Å²) in [5.74, 6) is -0.344. The van der Waals surface area contributed by atoms with Crippen LogP contribution in [0.2, 0.25) is 0 Å². The van der Waals surface area contributed by atoms with E-state index in [9.17, 15) is 4.39 Å². The highest BCUT2D eigenvalue weighted by molar-refractivity contribution is 6.02. The maximum Gasteiger partial charge on any atom is 0.146 e. The highest BCUT2D eigenvalue weighted by atomic mass is 19.1. The number of benzene rings is 1. The molecule has 0 bridgehead atoms. The summed E-state index contributed by atoms with van der Waals surface area (Å²) in [5, 5.41) is 0. The molecule has 0 unspecified atom stereocenters. The molecule has 0 spiro atoms. The van der Waals surface area contributed by atoms with Crippen LogP contribution < -0.4 is 11.5 Å². The standard InChI is InChI=1S/C11H13FN4/c1-2-6-15-7-16-11(14)8-4-3-5-9(12)10(8)13/h2-6H,1,7,13H2,(H2,14,16). The molecule has 0 saturated carbocycles. The molecule has 0 heterocycles. The Labute approximate surface area is 93.2 Å². The lowest BCUT2D eigenvalue weighted by Gasteiger charge is -2.04. The number of aliphatic imine (C=N–C) groups is 2. The number of allylic oxidation sites excluding steroid dienone is 1. The van der Waals surface area contributed by atoms with Crippen LogP contribution in [0, 0.1) is 5.82 Å². The summed E-state index contributed by atoms with van der Waals surface area (Å²) < 4.78 is 13.1. The molecule has 0 aliphatic rings. The van der Waals surface area contributed by atoms with Gasteiger partial charge in [0.15, 0.2) is 0 Å². The maximum atomic E-state index is 13.1. The molecule has 0 aliphatic carbocycles. The van der Waals surface area contributed by atoms with E-state index >= 15 is 0 Å². The molecule has 1 aromatic rings. The third-order valence-corrected chi connectivity index (χ3v) is 1.86. The van der Waals surface area contributed by atoms with Crippen molar-refractivity contribution in [2.24, 2.45) is 15.7 Å². The van der Waals surface area contributed by atoms with E-state index in [0.29, 0.717) is 5.56 Å². The monoisotopic (exact) mass is 220 g/mol. The normalized spacial score (nSPS) is 11.9. The van der Waals surface area contributed by atoms with Gasteiger partial charge in [-0.25, -0.2) is 9.38 Å². The molecule has 4 N–H and O–H groups in total. The van der Waals surface area contributed by atoms with Gasteiger partial charge >= 0.3 is 0 Å². The average molecular weight is 220 g/mol. The van der Waals surface area contributed by atoms with Crippen LogP contribution in [-0.4, -0.2) is 18.7 Å². The number of nitrogens with two attached hydrogens (primary N) is 2. The van der Waals surface area contributed by atoms with Crippen LogP contribution in [0.3, 0.4) is 0 Å². The van der Waals surface area contributed by atoms with E-state index in [2.05, 4.69) is 16.6 Å². The largest absolute Gasteiger partial charge is 0.396 e. The van der Waals surface area contributed by atoms with Crippen molar-refractivity contribution in [2.75, 3.05) is 12.4 Å². The van der Waals surface area contributed by atoms with Gasteiger partial charge < -0.3 is 11.5 Å². The summed E-state index contributed by atoms with van der Waals surface area (Å²) in [6, 6.07) is 4.40. The highest BCUT2D eigenvalue weighted by Crippen LogP contribution is 2.15. The van der Waals surface area contributed by atoms with Crippen molar-refractivity contribution in [1.82, 2.24) is 0 Å². The van der Waals surface area contributed by atoms with Gasteiger partial charge in [-0.3, -0.25) is 4.99 Å². The molecule has 5 heteroatoms. The van der Waals surface area contributed by atoms with Crippen LogP contribution in [0.25, 0.3) is 0 Å². The van der Waals surface area contributed by atoms with Crippen molar-refractivity contribution < 1.29 is 4.39 Å². The molecule has 0 aromatic heterocycles. The van der Waals surface area contributed by atoms with Crippen LogP contribution in [0.1, 0.15) is 5.56 Å². The van der Waals surface area contributed by atoms with Crippen molar-refractivity contribution in [3.63, 3.8) is 0 Å². The summed E-state index contributed by atoms with van der Waals surface area (Å²) in [4.78, 5) is 7.80. The van der Waals surface area contributed by atoms with Gasteiger partial charge in [0, 0.05) is 11.8 Å². The molecule has 84 valence electrons. The lowest BCUT2D eigenvalue weighted by molar-refractivity contribution is 0.632. The molecule has 16 heavy (non-hydrogen) atoms. The van der Waals surface area contributed by atoms with E-state index < -0.39 is 5.82 Å². The summed E-state index contributed by atoms with van der Waals surface area (Å²) in [6.45, 7) is 3.62. The second-order valence-electron chi connectivity index (χ2n) is 2.95. The average Bonchev–Trinajstić information content (AvgIpc) is 2.28. The highest BCUT2D eigenvalue weighted by Gasteiger charge is 2.06. The molecule has 0 aliphatic heterocycles. The summed E-state index contributed by atoms with van der Waals surface area (Å²) in [5.41, 5.74) is 11.6. The Bertz CT molecular complexity index is 438. The fraction of sp³-hybridized carbons (Fsp3) is 0.0909. The number of hydrogen-bond donors (Lipinski definition) is 2. The molecular weight excluding hydrogens is 207 g/mol. The lowest BCUT2D eigenvalue weighted by atomic mass is 10.1. The minimum Gasteiger partial charge on any atom is -0.396 e. The SMILES string of the molecule is C=CC=NCN=C(N)c1cccc(F)c1N. The van der Waals surface area contributed by atoms with Gasteiger partial charge in [-0.05, 0) is 12.1 Å². The van der Waals surface area contributed by atoms with Crippen molar-refractivity contribution in [2.45, 2.75) is 0 Å². The zero-order valence-corrected chi connectivity index (χ0v) is 8.73. The Morgan fingerprint density at radius 2 is 2.25 bits per heavy atom. The number of hydrogen-bond acceptors (Lipinski definition) is 3. The minimum atomic E-state index is -0.509. The molecule has 4 nitrogen and oxygen atoms in total. The Balaban J connectivity index is 2.87. The number of rotatable bonds is 4. The molecular formula is C11H13FN4. The van der Waals surface area contributed by atoms with Gasteiger partial charge in [0.05, 0.1) is 5.69 Å². The molecule has 0 amide bonds. The first kappa shape index (κ1) is 11.9.